The van der Waals surface area contributed by atoms with Crippen molar-refractivity contribution in [3.8, 4) is 0 Å². The smallest absolute Gasteiger partial charge is 0.0422 e. The zero-order chi connectivity index (χ0) is 14.9. The molecule has 110 valence electrons. The van der Waals surface area contributed by atoms with Gasteiger partial charge in [0.05, 0.1) is 0 Å². The highest BCUT2D eigenvalue weighted by atomic mass is 15.2. The Kier molecular flexibility index (Phi) is 3.64. The Labute approximate surface area is 126 Å². The van der Waals surface area contributed by atoms with E-state index in [9.17, 15) is 0 Å². The number of azide groups is 1. The molecule has 2 aliphatic rings. The maximum atomic E-state index is 8.61. The number of hydrogen-bond donors (Lipinski definition) is 0. The molecule has 1 aromatic carbocycles. The zero-order valence-corrected chi connectivity index (χ0v) is 12.8. The molecular weight excluding hydrogens is 260 g/mol. The van der Waals surface area contributed by atoms with Gasteiger partial charge in [0, 0.05) is 35.6 Å². The molecular formula is C17H22N4. The number of rotatable bonds is 4. The number of allylic oxidation sites excluding steroid dienone is 1. The van der Waals surface area contributed by atoms with Crippen molar-refractivity contribution < 1.29 is 0 Å². The van der Waals surface area contributed by atoms with Crippen LogP contribution in [0.15, 0.2) is 41.0 Å². The van der Waals surface area contributed by atoms with Gasteiger partial charge in [-0.05, 0) is 42.8 Å². The molecule has 3 rings (SSSR count). The fourth-order valence-electron chi connectivity index (χ4n) is 4.18. The fourth-order valence-corrected chi connectivity index (χ4v) is 4.18. The van der Waals surface area contributed by atoms with E-state index >= 15 is 0 Å². The second-order valence-corrected chi connectivity index (χ2v) is 6.08. The van der Waals surface area contributed by atoms with Crippen LogP contribution in [0.2, 0.25) is 0 Å². The molecule has 1 aliphatic carbocycles. The summed E-state index contributed by atoms with van der Waals surface area (Å²) in [5.74, 6) is 0. The summed E-state index contributed by atoms with van der Waals surface area (Å²) >= 11 is 0. The van der Waals surface area contributed by atoms with Gasteiger partial charge in [-0.1, -0.05) is 41.9 Å². The monoisotopic (exact) mass is 282 g/mol. The van der Waals surface area contributed by atoms with Gasteiger partial charge in [0.1, 0.15) is 0 Å². The second kappa shape index (κ2) is 5.45. The molecule has 0 N–H and O–H groups in total. The first-order chi connectivity index (χ1) is 10.2. The van der Waals surface area contributed by atoms with E-state index in [2.05, 4.69) is 59.2 Å². The Hall–Kier alpha value is -1.93. The van der Waals surface area contributed by atoms with E-state index in [4.69, 9.17) is 5.53 Å². The highest BCUT2D eigenvalue weighted by Gasteiger charge is 2.49. The molecule has 1 aromatic rings. The number of hydrogen-bond acceptors (Lipinski definition) is 2. The molecule has 0 amide bonds. The summed E-state index contributed by atoms with van der Waals surface area (Å²) in [7, 11) is 2.20. The summed E-state index contributed by atoms with van der Waals surface area (Å²) in [6.07, 6.45) is 6.86. The van der Waals surface area contributed by atoms with Crippen molar-refractivity contribution in [2.24, 2.45) is 5.11 Å². The SMILES string of the molecule is CCC1=C[C@@]2(CCN=[N+]=[N-])c3ccccc3N(C)[C@H]2CC1. The van der Waals surface area contributed by atoms with Gasteiger partial charge < -0.3 is 4.90 Å². The van der Waals surface area contributed by atoms with E-state index in [0.717, 1.165) is 12.8 Å². The molecule has 1 heterocycles. The van der Waals surface area contributed by atoms with Crippen molar-refractivity contribution in [1.82, 2.24) is 0 Å². The van der Waals surface area contributed by atoms with Crippen molar-refractivity contribution in [2.75, 3.05) is 18.5 Å². The molecule has 2 atom stereocenters. The number of anilines is 1. The van der Waals surface area contributed by atoms with Crippen LogP contribution in [-0.4, -0.2) is 19.6 Å². The van der Waals surface area contributed by atoms with Gasteiger partial charge in [0.25, 0.3) is 0 Å². The number of benzene rings is 1. The molecule has 0 saturated carbocycles. The van der Waals surface area contributed by atoms with Gasteiger partial charge in [-0.25, -0.2) is 0 Å². The number of nitrogens with zero attached hydrogens (tertiary/aromatic N) is 4. The van der Waals surface area contributed by atoms with E-state index in [1.54, 1.807) is 0 Å². The molecule has 0 saturated heterocycles. The first-order valence-electron chi connectivity index (χ1n) is 7.76. The Bertz CT molecular complexity index is 615. The lowest BCUT2D eigenvalue weighted by Gasteiger charge is -2.40. The van der Waals surface area contributed by atoms with Crippen LogP contribution in [0.1, 0.15) is 38.2 Å². The maximum absolute atomic E-state index is 8.61. The Morgan fingerprint density at radius 3 is 3.00 bits per heavy atom. The largest absolute Gasteiger partial charge is 0.370 e. The highest BCUT2D eigenvalue weighted by molar-refractivity contribution is 5.66. The van der Waals surface area contributed by atoms with E-state index in [1.165, 1.54) is 29.7 Å². The maximum Gasteiger partial charge on any atom is 0.0422 e. The van der Waals surface area contributed by atoms with Gasteiger partial charge in [-0.15, -0.1) is 0 Å². The van der Waals surface area contributed by atoms with Gasteiger partial charge in [-0.2, -0.15) is 0 Å². The van der Waals surface area contributed by atoms with Gasteiger partial charge >= 0.3 is 0 Å². The number of fused-ring (bicyclic) bond motifs is 3. The molecule has 4 heteroatoms. The molecule has 21 heavy (non-hydrogen) atoms. The summed E-state index contributed by atoms with van der Waals surface area (Å²) < 4.78 is 0. The molecule has 1 aliphatic heterocycles. The molecule has 0 unspecified atom stereocenters. The summed E-state index contributed by atoms with van der Waals surface area (Å²) in [5, 5.41) is 3.80. The number of para-hydroxylation sites is 1. The third-order valence-corrected chi connectivity index (χ3v) is 5.19. The topological polar surface area (TPSA) is 52.0 Å². The summed E-state index contributed by atoms with van der Waals surface area (Å²) in [6, 6.07) is 9.18. The van der Waals surface area contributed by atoms with Crippen molar-refractivity contribution in [1.29, 1.82) is 0 Å². The minimum Gasteiger partial charge on any atom is -0.370 e. The van der Waals surface area contributed by atoms with Crippen LogP contribution in [0.25, 0.3) is 10.4 Å². The standard InChI is InChI=1S/C17H22N4/c1-3-13-8-9-16-17(12-13,10-11-19-20-18)14-6-4-5-7-15(14)21(16)2/h4-7,12,16H,3,8-11H2,1-2H3/t16-,17-/m0/s1. The lowest BCUT2D eigenvalue weighted by atomic mass is 9.67. The quantitative estimate of drug-likeness (QED) is 0.345. The van der Waals surface area contributed by atoms with Crippen LogP contribution in [0.3, 0.4) is 0 Å². The van der Waals surface area contributed by atoms with E-state index in [0.29, 0.717) is 12.6 Å². The molecule has 0 aromatic heterocycles. The molecule has 4 nitrogen and oxygen atoms in total. The van der Waals surface area contributed by atoms with Crippen LogP contribution >= 0.6 is 0 Å². The lowest BCUT2D eigenvalue weighted by molar-refractivity contribution is 0.372. The van der Waals surface area contributed by atoms with Crippen LogP contribution in [0.4, 0.5) is 5.69 Å². The fraction of sp³-hybridized carbons (Fsp3) is 0.529. The minimum absolute atomic E-state index is 0.0170. The molecule has 0 radical (unpaired) electrons. The normalized spacial score (nSPS) is 26.7. The Morgan fingerprint density at radius 1 is 1.43 bits per heavy atom. The van der Waals surface area contributed by atoms with Crippen molar-refractivity contribution in [2.45, 2.75) is 44.1 Å². The van der Waals surface area contributed by atoms with E-state index in [-0.39, 0.29) is 5.41 Å². The van der Waals surface area contributed by atoms with Crippen LogP contribution in [0.5, 0.6) is 0 Å². The predicted molar refractivity (Wildman–Crippen MR) is 86.5 cm³/mol. The average Bonchev–Trinajstić information content (AvgIpc) is 2.77. The molecule has 0 spiro atoms. The lowest BCUT2D eigenvalue weighted by Crippen LogP contribution is -2.44. The van der Waals surface area contributed by atoms with Crippen molar-refractivity contribution in [3.05, 3.63) is 51.9 Å². The van der Waals surface area contributed by atoms with Gasteiger partial charge in [0.2, 0.25) is 0 Å². The van der Waals surface area contributed by atoms with Crippen molar-refractivity contribution in [3.63, 3.8) is 0 Å². The van der Waals surface area contributed by atoms with Gasteiger partial charge in [-0.3, -0.25) is 0 Å². The molecule has 0 bridgehead atoms. The van der Waals surface area contributed by atoms with Crippen LogP contribution < -0.4 is 4.90 Å². The summed E-state index contributed by atoms with van der Waals surface area (Å²) in [4.78, 5) is 5.36. The predicted octanol–water partition coefficient (Wildman–Crippen LogP) is 4.57. The summed E-state index contributed by atoms with van der Waals surface area (Å²) in [6.45, 7) is 2.79. The van der Waals surface area contributed by atoms with Crippen LogP contribution in [0, 0.1) is 0 Å². The molecule has 0 fully saturated rings. The first kappa shape index (κ1) is 14.0. The van der Waals surface area contributed by atoms with Crippen molar-refractivity contribution >= 4 is 5.69 Å². The average molecular weight is 282 g/mol. The minimum atomic E-state index is 0.0170. The first-order valence-corrected chi connectivity index (χ1v) is 7.76. The Morgan fingerprint density at radius 2 is 2.24 bits per heavy atom. The van der Waals surface area contributed by atoms with Crippen LogP contribution in [-0.2, 0) is 5.41 Å². The highest BCUT2D eigenvalue weighted by Crippen LogP contribution is 2.52. The van der Waals surface area contributed by atoms with Gasteiger partial charge in [0.15, 0.2) is 0 Å². The number of likely N-dealkylation sites (N-methyl/N-ethyl adjacent to an activating group) is 1. The van der Waals surface area contributed by atoms with E-state index in [1.807, 2.05) is 0 Å². The Balaban J connectivity index is 2.11. The third-order valence-electron chi connectivity index (χ3n) is 5.19. The van der Waals surface area contributed by atoms with E-state index < -0.39 is 0 Å². The summed E-state index contributed by atoms with van der Waals surface area (Å²) in [5.41, 5.74) is 12.9. The second-order valence-electron chi connectivity index (χ2n) is 6.08. The third kappa shape index (κ3) is 2.11. The zero-order valence-electron chi connectivity index (χ0n) is 12.8.